The highest BCUT2D eigenvalue weighted by Gasteiger charge is 2.33. The molecule has 0 radical (unpaired) electrons. The molecule has 2 rings (SSSR count). The molecule has 1 unspecified atom stereocenters. The molecular weight excluding hydrogens is 240 g/mol. The molecular formula is C15H26N2O2. The molecule has 4 nitrogen and oxygen atoms in total. The van der Waals surface area contributed by atoms with E-state index >= 15 is 0 Å². The van der Waals surface area contributed by atoms with Gasteiger partial charge in [-0.05, 0) is 38.0 Å². The summed E-state index contributed by atoms with van der Waals surface area (Å²) >= 11 is 0. The third-order valence-electron chi connectivity index (χ3n) is 4.63. The zero-order valence-corrected chi connectivity index (χ0v) is 12.2. The molecule has 0 aromatic heterocycles. The van der Waals surface area contributed by atoms with Crippen LogP contribution in [0.25, 0.3) is 0 Å². The molecule has 0 spiro atoms. The van der Waals surface area contributed by atoms with Crippen LogP contribution in [0.4, 0.5) is 0 Å². The number of likely N-dealkylation sites (tertiary alicyclic amines) is 1. The molecule has 2 amide bonds. The molecule has 0 bridgehead atoms. The molecule has 4 heteroatoms. The van der Waals surface area contributed by atoms with E-state index in [1.807, 2.05) is 0 Å². The topological polar surface area (TPSA) is 49.4 Å². The number of amides is 2. The zero-order chi connectivity index (χ0) is 13.8. The minimum atomic E-state index is -0.143. The van der Waals surface area contributed by atoms with Gasteiger partial charge in [-0.15, -0.1) is 0 Å². The summed E-state index contributed by atoms with van der Waals surface area (Å²) in [6.07, 6.45) is 8.67. The van der Waals surface area contributed by atoms with Crippen LogP contribution in [0.3, 0.4) is 0 Å². The van der Waals surface area contributed by atoms with Crippen LogP contribution in [0.2, 0.25) is 0 Å². The molecule has 0 aromatic carbocycles. The van der Waals surface area contributed by atoms with Crippen molar-refractivity contribution in [3.63, 3.8) is 0 Å². The first-order valence-electron chi connectivity index (χ1n) is 7.68. The molecule has 1 heterocycles. The number of carbonyl (C=O) groups excluding carboxylic acids is 2. The Labute approximate surface area is 115 Å². The van der Waals surface area contributed by atoms with Crippen molar-refractivity contribution in [1.82, 2.24) is 10.2 Å². The van der Waals surface area contributed by atoms with Gasteiger partial charge in [-0.1, -0.05) is 19.8 Å². The van der Waals surface area contributed by atoms with Gasteiger partial charge in [0.15, 0.2) is 0 Å². The first-order chi connectivity index (χ1) is 9.11. The molecule has 1 saturated heterocycles. The van der Waals surface area contributed by atoms with Crippen LogP contribution in [0.15, 0.2) is 0 Å². The van der Waals surface area contributed by atoms with E-state index in [9.17, 15) is 9.59 Å². The van der Waals surface area contributed by atoms with Gasteiger partial charge in [0.2, 0.25) is 11.8 Å². The summed E-state index contributed by atoms with van der Waals surface area (Å²) in [4.78, 5) is 24.7. The lowest BCUT2D eigenvalue weighted by Crippen LogP contribution is -2.54. The largest absolute Gasteiger partial charge is 0.303 e. The van der Waals surface area contributed by atoms with Crippen molar-refractivity contribution >= 4 is 11.8 Å². The first-order valence-corrected chi connectivity index (χ1v) is 7.68. The molecule has 1 aliphatic heterocycles. The first kappa shape index (κ1) is 14.5. The van der Waals surface area contributed by atoms with E-state index in [4.69, 9.17) is 0 Å². The van der Waals surface area contributed by atoms with Crippen LogP contribution < -0.4 is 5.32 Å². The standard InChI is InChI=1S/C15H26N2O2/c1-3-4-11-5-7-12(8-6-11)16-13-9-10-14(18)17(2)15(13)19/h11-13,16H,3-10H2,1-2H3. The number of imide groups is 1. The second kappa shape index (κ2) is 6.51. The lowest BCUT2D eigenvalue weighted by atomic mass is 9.83. The summed E-state index contributed by atoms with van der Waals surface area (Å²) in [5.74, 6) is 0.788. The normalized spacial score (nSPS) is 32.7. The Morgan fingerprint density at radius 3 is 2.47 bits per heavy atom. The Hall–Kier alpha value is -0.900. The molecule has 2 aliphatic rings. The van der Waals surface area contributed by atoms with E-state index in [0.717, 1.165) is 5.92 Å². The van der Waals surface area contributed by atoms with Crippen molar-refractivity contribution in [3.05, 3.63) is 0 Å². The number of piperidine rings is 1. The second-order valence-corrected chi connectivity index (χ2v) is 6.06. The van der Waals surface area contributed by atoms with Gasteiger partial charge in [0.25, 0.3) is 0 Å². The minimum absolute atomic E-state index is 0.0466. The monoisotopic (exact) mass is 266 g/mol. The second-order valence-electron chi connectivity index (χ2n) is 6.06. The van der Waals surface area contributed by atoms with E-state index in [0.29, 0.717) is 18.9 Å². The fourth-order valence-electron chi connectivity index (χ4n) is 3.38. The van der Waals surface area contributed by atoms with Crippen molar-refractivity contribution in [1.29, 1.82) is 0 Å². The number of likely N-dealkylation sites (N-methyl/N-ethyl adjacent to an activating group) is 1. The maximum Gasteiger partial charge on any atom is 0.246 e. The van der Waals surface area contributed by atoms with Crippen LogP contribution in [0.1, 0.15) is 58.3 Å². The van der Waals surface area contributed by atoms with E-state index in [1.165, 1.54) is 43.4 Å². The summed E-state index contributed by atoms with van der Waals surface area (Å²) < 4.78 is 0. The Kier molecular flexibility index (Phi) is 4.97. The van der Waals surface area contributed by atoms with Gasteiger partial charge < -0.3 is 5.32 Å². The molecule has 1 aliphatic carbocycles. The van der Waals surface area contributed by atoms with E-state index in [1.54, 1.807) is 7.05 Å². The molecule has 1 saturated carbocycles. The molecule has 1 atom stereocenters. The number of rotatable bonds is 4. The van der Waals surface area contributed by atoms with Gasteiger partial charge in [0.05, 0.1) is 6.04 Å². The predicted octanol–water partition coefficient (Wildman–Crippen LogP) is 2.08. The Balaban J connectivity index is 1.79. The molecule has 2 fully saturated rings. The minimum Gasteiger partial charge on any atom is -0.303 e. The average Bonchev–Trinajstić information content (AvgIpc) is 2.42. The predicted molar refractivity (Wildman–Crippen MR) is 74.6 cm³/mol. The van der Waals surface area contributed by atoms with Crippen LogP contribution in [-0.4, -0.2) is 35.8 Å². The lowest BCUT2D eigenvalue weighted by Gasteiger charge is -2.34. The highest BCUT2D eigenvalue weighted by atomic mass is 16.2. The SMILES string of the molecule is CCCC1CCC(NC2CCC(=O)N(C)C2=O)CC1. The van der Waals surface area contributed by atoms with Gasteiger partial charge in [-0.3, -0.25) is 14.5 Å². The van der Waals surface area contributed by atoms with Crippen molar-refractivity contribution < 1.29 is 9.59 Å². The third-order valence-corrected chi connectivity index (χ3v) is 4.63. The van der Waals surface area contributed by atoms with Crippen LogP contribution in [0.5, 0.6) is 0 Å². The summed E-state index contributed by atoms with van der Waals surface area (Å²) in [7, 11) is 1.59. The van der Waals surface area contributed by atoms with Crippen molar-refractivity contribution in [3.8, 4) is 0 Å². The zero-order valence-electron chi connectivity index (χ0n) is 12.2. The summed E-state index contributed by atoms with van der Waals surface area (Å²) in [5.41, 5.74) is 0. The van der Waals surface area contributed by atoms with E-state index in [2.05, 4.69) is 12.2 Å². The maximum absolute atomic E-state index is 12.0. The Morgan fingerprint density at radius 2 is 1.84 bits per heavy atom. The highest BCUT2D eigenvalue weighted by molar-refractivity contribution is 6.00. The fourth-order valence-corrected chi connectivity index (χ4v) is 3.38. The van der Waals surface area contributed by atoms with E-state index in [-0.39, 0.29) is 17.9 Å². The molecule has 19 heavy (non-hydrogen) atoms. The Morgan fingerprint density at radius 1 is 1.16 bits per heavy atom. The number of nitrogens with one attached hydrogen (secondary N) is 1. The van der Waals surface area contributed by atoms with Crippen LogP contribution in [-0.2, 0) is 9.59 Å². The average molecular weight is 266 g/mol. The lowest BCUT2D eigenvalue weighted by molar-refractivity contribution is -0.148. The van der Waals surface area contributed by atoms with Gasteiger partial charge >= 0.3 is 0 Å². The number of carbonyl (C=O) groups is 2. The van der Waals surface area contributed by atoms with Crippen molar-refractivity contribution in [2.75, 3.05) is 7.05 Å². The van der Waals surface area contributed by atoms with Crippen LogP contribution >= 0.6 is 0 Å². The maximum atomic E-state index is 12.0. The molecule has 0 aromatic rings. The summed E-state index contributed by atoms with van der Waals surface area (Å²) in [5, 5.41) is 3.48. The van der Waals surface area contributed by atoms with Crippen molar-refractivity contribution in [2.45, 2.75) is 70.4 Å². The third kappa shape index (κ3) is 3.56. The smallest absolute Gasteiger partial charge is 0.246 e. The molecule has 1 N–H and O–H groups in total. The van der Waals surface area contributed by atoms with Gasteiger partial charge in [0, 0.05) is 19.5 Å². The summed E-state index contributed by atoms with van der Waals surface area (Å²) in [6, 6.07) is 0.319. The van der Waals surface area contributed by atoms with Crippen molar-refractivity contribution in [2.24, 2.45) is 5.92 Å². The Bertz CT molecular complexity index is 335. The van der Waals surface area contributed by atoms with Gasteiger partial charge in [-0.25, -0.2) is 0 Å². The number of nitrogens with zero attached hydrogens (tertiary/aromatic N) is 1. The number of hydrogen-bond donors (Lipinski definition) is 1. The highest BCUT2D eigenvalue weighted by Crippen LogP contribution is 2.28. The quantitative estimate of drug-likeness (QED) is 0.793. The van der Waals surface area contributed by atoms with Gasteiger partial charge in [-0.2, -0.15) is 0 Å². The summed E-state index contributed by atoms with van der Waals surface area (Å²) in [6.45, 7) is 2.25. The molecule has 108 valence electrons. The van der Waals surface area contributed by atoms with Gasteiger partial charge in [0.1, 0.15) is 0 Å². The van der Waals surface area contributed by atoms with E-state index < -0.39 is 0 Å². The fraction of sp³-hybridized carbons (Fsp3) is 0.867. The van der Waals surface area contributed by atoms with Crippen LogP contribution in [0, 0.1) is 5.92 Å². The number of hydrogen-bond acceptors (Lipinski definition) is 3.